The summed E-state index contributed by atoms with van der Waals surface area (Å²) in [7, 11) is 0. The van der Waals surface area contributed by atoms with E-state index in [1.807, 2.05) is 0 Å². The second-order valence-corrected chi connectivity index (χ2v) is 7.37. The van der Waals surface area contributed by atoms with Gasteiger partial charge in [-0.05, 0) is 59.1 Å². The van der Waals surface area contributed by atoms with Crippen molar-refractivity contribution in [3.63, 3.8) is 0 Å². The van der Waals surface area contributed by atoms with Gasteiger partial charge in [0.25, 0.3) is 0 Å². The van der Waals surface area contributed by atoms with Gasteiger partial charge in [-0.1, -0.05) is 55.4 Å². The Morgan fingerprint density at radius 3 is 2.88 bits per heavy atom. The van der Waals surface area contributed by atoms with Crippen molar-refractivity contribution in [2.45, 2.75) is 27.2 Å². The van der Waals surface area contributed by atoms with Crippen LogP contribution in [0.15, 0.2) is 45.1 Å². The lowest BCUT2D eigenvalue weighted by molar-refractivity contribution is 0.321. The van der Waals surface area contributed by atoms with E-state index in [0.29, 0.717) is 11.3 Å². The van der Waals surface area contributed by atoms with Crippen LogP contribution in [-0.2, 0) is 0 Å². The van der Waals surface area contributed by atoms with Gasteiger partial charge >= 0.3 is 0 Å². The van der Waals surface area contributed by atoms with Crippen LogP contribution < -0.4 is 0 Å². The number of hydrogen-bond acceptors (Lipinski definition) is 0. The first kappa shape index (κ1) is 11.8. The molecule has 0 amide bonds. The molecule has 90 valence electrons. The van der Waals surface area contributed by atoms with E-state index < -0.39 is 0 Å². The number of halogens is 1. The first-order valence-corrected chi connectivity index (χ1v) is 7.52. The molecule has 0 N–H and O–H groups in total. The molecule has 0 spiro atoms. The van der Waals surface area contributed by atoms with Gasteiger partial charge in [0.2, 0.25) is 0 Å². The van der Waals surface area contributed by atoms with Gasteiger partial charge in [-0.25, -0.2) is 0 Å². The van der Waals surface area contributed by atoms with E-state index >= 15 is 0 Å². The minimum absolute atomic E-state index is 0.325. The maximum absolute atomic E-state index is 2.49. The lowest BCUT2D eigenvalue weighted by Crippen LogP contribution is -2.22. The molecule has 0 aromatic carbocycles. The summed E-state index contributed by atoms with van der Waals surface area (Å²) in [6.07, 6.45) is 13.3. The zero-order valence-electron chi connectivity index (χ0n) is 10.7. The Morgan fingerprint density at radius 2 is 2.12 bits per heavy atom. The van der Waals surface area contributed by atoms with Gasteiger partial charge in [0, 0.05) is 3.58 Å². The lowest BCUT2D eigenvalue weighted by atomic mass is 9.75. The summed E-state index contributed by atoms with van der Waals surface area (Å²) < 4.78 is 1.40. The molecule has 0 saturated heterocycles. The Morgan fingerprint density at radius 1 is 1.35 bits per heavy atom. The van der Waals surface area contributed by atoms with E-state index in [9.17, 15) is 0 Å². The molecular formula is C16H19I. The topological polar surface area (TPSA) is 0 Å². The second kappa shape index (κ2) is 3.84. The average molecular weight is 338 g/mol. The fourth-order valence-electron chi connectivity index (χ4n) is 3.81. The summed E-state index contributed by atoms with van der Waals surface area (Å²) in [6.45, 7) is 7.08. The van der Waals surface area contributed by atoms with Crippen molar-refractivity contribution in [3.05, 3.63) is 45.1 Å². The van der Waals surface area contributed by atoms with Crippen molar-refractivity contribution in [2.75, 3.05) is 0 Å². The molecule has 3 rings (SSSR count). The van der Waals surface area contributed by atoms with Crippen molar-refractivity contribution in [2.24, 2.45) is 23.2 Å². The highest BCUT2D eigenvalue weighted by Crippen LogP contribution is 2.59. The van der Waals surface area contributed by atoms with Crippen LogP contribution >= 0.6 is 22.6 Å². The lowest BCUT2D eigenvalue weighted by Gasteiger charge is -2.30. The van der Waals surface area contributed by atoms with Crippen molar-refractivity contribution >= 4 is 22.6 Å². The van der Waals surface area contributed by atoms with Crippen molar-refractivity contribution in [3.8, 4) is 0 Å². The normalized spacial score (nSPS) is 37.9. The molecule has 2 unspecified atom stereocenters. The van der Waals surface area contributed by atoms with Crippen LogP contribution in [0.5, 0.6) is 0 Å². The van der Waals surface area contributed by atoms with Gasteiger partial charge in [0.1, 0.15) is 0 Å². The molecule has 0 aliphatic heterocycles. The highest BCUT2D eigenvalue weighted by atomic mass is 127. The zero-order chi connectivity index (χ0) is 12.2. The van der Waals surface area contributed by atoms with Crippen molar-refractivity contribution < 1.29 is 0 Å². The summed E-state index contributed by atoms with van der Waals surface area (Å²) in [6, 6.07) is 0. The molecule has 3 aliphatic carbocycles. The molecule has 3 aliphatic rings. The largest absolute Gasteiger partial charge is 0.0810 e. The summed E-state index contributed by atoms with van der Waals surface area (Å²) in [5.41, 5.74) is 3.46. The van der Waals surface area contributed by atoms with Crippen LogP contribution in [0.3, 0.4) is 0 Å². The minimum atomic E-state index is 0.325. The fraction of sp³-hybridized carbons (Fsp3) is 0.500. The van der Waals surface area contributed by atoms with Crippen LogP contribution in [0.4, 0.5) is 0 Å². The Balaban J connectivity index is 2.09. The van der Waals surface area contributed by atoms with Crippen LogP contribution in [0.2, 0.25) is 0 Å². The van der Waals surface area contributed by atoms with Gasteiger partial charge < -0.3 is 0 Å². The quantitative estimate of drug-likeness (QED) is 0.543. The SMILES string of the molecule is CC1=CC[C@H]2C(=C1)C(C)(C)C1C=C(I)C=CC12. The molecule has 1 fully saturated rings. The molecule has 0 nitrogen and oxygen atoms in total. The zero-order valence-corrected chi connectivity index (χ0v) is 12.9. The fourth-order valence-corrected chi connectivity index (χ4v) is 4.40. The van der Waals surface area contributed by atoms with Gasteiger partial charge in [0.05, 0.1) is 0 Å². The third kappa shape index (κ3) is 1.69. The predicted octanol–water partition coefficient (Wildman–Crippen LogP) is 5.04. The van der Waals surface area contributed by atoms with Crippen LogP contribution in [-0.4, -0.2) is 0 Å². The van der Waals surface area contributed by atoms with Gasteiger partial charge in [-0.2, -0.15) is 0 Å². The molecule has 1 saturated carbocycles. The molecule has 1 heteroatoms. The molecule has 3 atom stereocenters. The van der Waals surface area contributed by atoms with E-state index in [4.69, 9.17) is 0 Å². The molecule has 0 aromatic heterocycles. The first-order chi connectivity index (χ1) is 8.00. The highest BCUT2D eigenvalue weighted by molar-refractivity contribution is 14.1. The molecule has 0 heterocycles. The Labute approximate surface area is 118 Å². The highest BCUT2D eigenvalue weighted by Gasteiger charge is 2.50. The number of fused-ring (bicyclic) bond motifs is 3. The first-order valence-electron chi connectivity index (χ1n) is 6.44. The van der Waals surface area contributed by atoms with Gasteiger partial charge in [-0.15, -0.1) is 0 Å². The van der Waals surface area contributed by atoms with Crippen molar-refractivity contribution in [1.82, 2.24) is 0 Å². The standard InChI is InChI=1S/C16H19I/c1-10-4-6-12-13-7-5-11(17)9-15(13)16(2,3)14(12)8-10/h4-5,7-9,12-13,15H,6H2,1-3H3/t12-,13?,15?/m1/s1. The molecule has 0 aromatic rings. The number of rotatable bonds is 0. The summed E-state index contributed by atoms with van der Waals surface area (Å²) in [5, 5.41) is 0. The van der Waals surface area contributed by atoms with E-state index in [0.717, 1.165) is 11.8 Å². The van der Waals surface area contributed by atoms with Crippen LogP contribution in [0.1, 0.15) is 27.2 Å². The van der Waals surface area contributed by atoms with E-state index in [1.165, 1.54) is 15.6 Å². The van der Waals surface area contributed by atoms with E-state index in [2.05, 4.69) is 73.7 Å². The van der Waals surface area contributed by atoms with Crippen LogP contribution in [0.25, 0.3) is 0 Å². The van der Waals surface area contributed by atoms with Gasteiger partial charge in [0.15, 0.2) is 0 Å². The van der Waals surface area contributed by atoms with Gasteiger partial charge in [-0.3, -0.25) is 0 Å². The third-order valence-electron chi connectivity index (χ3n) is 4.75. The molecular weight excluding hydrogens is 319 g/mol. The molecule has 17 heavy (non-hydrogen) atoms. The maximum atomic E-state index is 2.49. The van der Waals surface area contributed by atoms with E-state index in [-0.39, 0.29) is 0 Å². The smallest absolute Gasteiger partial charge is 0.00902 e. The Kier molecular flexibility index (Phi) is 2.66. The Bertz CT molecular complexity index is 474. The third-order valence-corrected chi connectivity index (χ3v) is 5.47. The number of allylic oxidation sites excluding steroid dienone is 8. The predicted molar refractivity (Wildman–Crippen MR) is 82.0 cm³/mol. The summed E-state index contributed by atoms with van der Waals surface area (Å²) in [4.78, 5) is 0. The van der Waals surface area contributed by atoms with E-state index in [1.54, 1.807) is 5.57 Å². The Hall–Kier alpha value is -0.310. The summed E-state index contributed by atoms with van der Waals surface area (Å²) in [5.74, 6) is 2.16. The monoisotopic (exact) mass is 338 g/mol. The number of hydrogen-bond donors (Lipinski definition) is 0. The van der Waals surface area contributed by atoms with Crippen LogP contribution in [0, 0.1) is 23.2 Å². The second-order valence-electron chi connectivity index (χ2n) is 6.13. The molecule has 0 radical (unpaired) electrons. The average Bonchev–Trinajstić information content (AvgIpc) is 2.49. The molecule has 0 bridgehead atoms. The van der Waals surface area contributed by atoms with Crippen molar-refractivity contribution in [1.29, 1.82) is 0 Å². The summed E-state index contributed by atoms with van der Waals surface area (Å²) >= 11 is 2.45. The minimum Gasteiger partial charge on any atom is -0.0810 e. The maximum Gasteiger partial charge on any atom is 0.00902 e.